The van der Waals surface area contributed by atoms with Gasteiger partial charge in [-0.25, -0.2) is 4.79 Å². The predicted molar refractivity (Wildman–Crippen MR) is 152 cm³/mol. The molecule has 10 nitrogen and oxygen atoms in total. The van der Waals surface area contributed by atoms with Gasteiger partial charge in [-0.15, -0.1) is 0 Å². The molecule has 0 heterocycles. The van der Waals surface area contributed by atoms with Crippen LogP contribution < -0.4 is 21.7 Å². The number of hydrogen-bond acceptors (Lipinski definition) is 6. The molecule has 0 aliphatic heterocycles. The van der Waals surface area contributed by atoms with Gasteiger partial charge in [0.25, 0.3) is 0 Å². The fourth-order valence-corrected chi connectivity index (χ4v) is 4.15. The van der Waals surface area contributed by atoms with E-state index in [1.165, 1.54) is 12.1 Å². The quantitative estimate of drug-likeness (QED) is 0.196. The first-order valence-corrected chi connectivity index (χ1v) is 13.6. The van der Waals surface area contributed by atoms with Gasteiger partial charge >= 0.3 is 5.97 Å². The third-order valence-electron chi connectivity index (χ3n) is 6.81. The monoisotopic (exact) mass is 554 g/mol. The normalized spacial score (nSPS) is 14.8. The highest BCUT2D eigenvalue weighted by molar-refractivity contribution is 5.94. The number of nitrogens with two attached hydrogens (primary N) is 1. The van der Waals surface area contributed by atoms with Gasteiger partial charge in [0.2, 0.25) is 17.7 Å². The van der Waals surface area contributed by atoms with Crippen LogP contribution in [0.2, 0.25) is 0 Å². The van der Waals surface area contributed by atoms with E-state index in [0.29, 0.717) is 12.0 Å². The lowest BCUT2D eigenvalue weighted by molar-refractivity contribution is -0.142. The van der Waals surface area contributed by atoms with Crippen molar-refractivity contribution in [3.05, 3.63) is 65.7 Å². The second-order valence-corrected chi connectivity index (χ2v) is 10.6. The highest BCUT2D eigenvalue weighted by Crippen LogP contribution is 2.13. The van der Waals surface area contributed by atoms with Crippen molar-refractivity contribution in [1.29, 1.82) is 0 Å². The third kappa shape index (κ3) is 10.3. The van der Waals surface area contributed by atoms with Gasteiger partial charge < -0.3 is 31.9 Å². The van der Waals surface area contributed by atoms with E-state index in [1.807, 2.05) is 58.0 Å². The number of phenols is 1. The van der Waals surface area contributed by atoms with Crippen LogP contribution in [-0.2, 0) is 32.0 Å². The molecule has 0 spiro atoms. The Labute approximate surface area is 235 Å². The summed E-state index contributed by atoms with van der Waals surface area (Å²) in [6.07, 6.45) is 1.11. The molecule has 0 aliphatic carbocycles. The van der Waals surface area contributed by atoms with Crippen molar-refractivity contribution in [2.24, 2.45) is 17.6 Å². The number of nitrogens with one attached hydrogen (secondary N) is 3. The molecule has 5 unspecified atom stereocenters. The minimum atomic E-state index is -1.25. The first kappa shape index (κ1) is 32.3. The summed E-state index contributed by atoms with van der Waals surface area (Å²) in [4.78, 5) is 51.6. The molecule has 0 saturated carbocycles. The van der Waals surface area contributed by atoms with Crippen LogP contribution in [0.15, 0.2) is 54.6 Å². The molecule has 2 aromatic rings. The summed E-state index contributed by atoms with van der Waals surface area (Å²) >= 11 is 0. The van der Waals surface area contributed by atoms with E-state index in [0.717, 1.165) is 5.56 Å². The number of aromatic hydroxyl groups is 1. The van der Waals surface area contributed by atoms with E-state index < -0.39 is 47.9 Å². The van der Waals surface area contributed by atoms with Gasteiger partial charge in [0.1, 0.15) is 23.9 Å². The highest BCUT2D eigenvalue weighted by atomic mass is 16.4. The van der Waals surface area contributed by atoms with Gasteiger partial charge in [-0.3, -0.25) is 14.4 Å². The van der Waals surface area contributed by atoms with Gasteiger partial charge in [-0.1, -0.05) is 76.6 Å². The van der Waals surface area contributed by atoms with Gasteiger partial charge in [0.05, 0.1) is 6.04 Å². The van der Waals surface area contributed by atoms with Crippen molar-refractivity contribution in [2.75, 3.05) is 0 Å². The molecule has 40 heavy (non-hydrogen) atoms. The summed E-state index contributed by atoms with van der Waals surface area (Å²) in [5.41, 5.74) is 7.53. The van der Waals surface area contributed by atoms with Crippen molar-refractivity contribution in [3.63, 3.8) is 0 Å². The van der Waals surface area contributed by atoms with Crippen molar-refractivity contribution < 1.29 is 29.4 Å². The van der Waals surface area contributed by atoms with Crippen LogP contribution in [0.3, 0.4) is 0 Å². The van der Waals surface area contributed by atoms with Crippen molar-refractivity contribution in [3.8, 4) is 5.75 Å². The molecule has 5 atom stereocenters. The van der Waals surface area contributed by atoms with Gasteiger partial charge in [-0.2, -0.15) is 0 Å². The van der Waals surface area contributed by atoms with Crippen LogP contribution in [-0.4, -0.2) is 58.1 Å². The van der Waals surface area contributed by atoms with E-state index in [-0.39, 0.29) is 36.8 Å². The van der Waals surface area contributed by atoms with Crippen molar-refractivity contribution in [2.45, 2.75) is 77.5 Å². The topological polar surface area (TPSA) is 171 Å². The number of hydrogen-bond donors (Lipinski definition) is 6. The molecule has 218 valence electrons. The van der Waals surface area contributed by atoms with Gasteiger partial charge in [-0.05, 0) is 41.5 Å². The molecular weight excluding hydrogens is 512 g/mol. The smallest absolute Gasteiger partial charge is 0.326 e. The fourth-order valence-electron chi connectivity index (χ4n) is 4.15. The summed E-state index contributed by atoms with van der Waals surface area (Å²) in [7, 11) is 0. The van der Waals surface area contributed by atoms with Crippen LogP contribution in [0, 0.1) is 11.8 Å². The zero-order valence-corrected chi connectivity index (χ0v) is 23.6. The zero-order valence-electron chi connectivity index (χ0n) is 23.6. The zero-order chi connectivity index (χ0) is 29.8. The van der Waals surface area contributed by atoms with Crippen LogP contribution in [0.5, 0.6) is 5.75 Å². The van der Waals surface area contributed by atoms with Gasteiger partial charge in [0, 0.05) is 12.8 Å². The Morgan fingerprint density at radius 1 is 0.750 bits per heavy atom. The lowest BCUT2D eigenvalue weighted by Crippen LogP contribution is -2.58. The standard InChI is InChI=1S/C30H42N4O6/c1-5-19(4)26(31)29(38)33-24(16-20-9-7-6-8-10-20)28(37)32-23(15-18(2)3)27(36)34-25(30(39)40)17-21-11-13-22(35)14-12-21/h6-14,18-19,23-26,35H,5,15-17,31H2,1-4H3,(H,32,37)(H,33,38)(H,34,36)(H,39,40). The Morgan fingerprint density at radius 2 is 1.25 bits per heavy atom. The van der Waals surface area contributed by atoms with Crippen LogP contribution in [0.1, 0.15) is 51.7 Å². The molecule has 0 fully saturated rings. The summed E-state index contributed by atoms with van der Waals surface area (Å²) in [5, 5.41) is 27.3. The molecule has 2 aromatic carbocycles. The molecular formula is C30H42N4O6. The number of amides is 3. The second kappa shape index (κ2) is 15.6. The van der Waals surface area contributed by atoms with Crippen molar-refractivity contribution >= 4 is 23.7 Å². The molecule has 0 aliphatic rings. The average molecular weight is 555 g/mol. The van der Waals surface area contributed by atoms with E-state index in [1.54, 1.807) is 12.1 Å². The lowest BCUT2D eigenvalue weighted by atomic mass is 9.97. The summed E-state index contributed by atoms with van der Waals surface area (Å²) in [5.74, 6) is -2.96. The molecule has 7 N–H and O–H groups in total. The predicted octanol–water partition coefficient (Wildman–Crippen LogP) is 2.14. The summed E-state index contributed by atoms with van der Waals surface area (Å²) < 4.78 is 0. The molecule has 2 rings (SSSR count). The first-order valence-electron chi connectivity index (χ1n) is 13.6. The average Bonchev–Trinajstić information content (AvgIpc) is 2.92. The Balaban J connectivity index is 2.23. The van der Waals surface area contributed by atoms with Gasteiger partial charge in [0.15, 0.2) is 0 Å². The maximum Gasteiger partial charge on any atom is 0.326 e. The summed E-state index contributed by atoms with van der Waals surface area (Å²) in [6.45, 7) is 7.54. The van der Waals surface area contributed by atoms with E-state index in [9.17, 15) is 29.4 Å². The largest absolute Gasteiger partial charge is 0.508 e. The Morgan fingerprint density at radius 3 is 1.80 bits per heavy atom. The number of carboxylic acids is 1. The molecule has 0 aromatic heterocycles. The molecule has 3 amide bonds. The number of benzene rings is 2. The van der Waals surface area contributed by atoms with Crippen LogP contribution in [0.4, 0.5) is 0 Å². The van der Waals surface area contributed by atoms with Crippen LogP contribution >= 0.6 is 0 Å². The molecule has 10 heteroatoms. The SMILES string of the molecule is CCC(C)C(N)C(=O)NC(Cc1ccccc1)C(=O)NC(CC(C)C)C(=O)NC(Cc1ccc(O)cc1)C(=O)O. The molecule has 0 saturated heterocycles. The Bertz CT molecular complexity index is 1120. The minimum Gasteiger partial charge on any atom is -0.508 e. The number of carboxylic acid groups (broad SMARTS) is 1. The first-order chi connectivity index (χ1) is 18.9. The van der Waals surface area contributed by atoms with Crippen molar-refractivity contribution in [1.82, 2.24) is 16.0 Å². The van der Waals surface area contributed by atoms with E-state index in [4.69, 9.17) is 5.73 Å². The highest BCUT2D eigenvalue weighted by Gasteiger charge is 2.31. The molecule has 0 bridgehead atoms. The summed E-state index contributed by atoms with van der Waals surface area (Å²) in [6, 6.07) is 11.1. The number of carbonyl (C=O) groups excluding carboxylic acids is 3. The lowest BCUT2D eigenvalue weighted by Gasteiger charge is -2.27. The second-order valence-electron chi connectivity index (χ2n) is 10.6. The Kier molecular flexibility index (Phi) is 12.6. The maximum atomic E-state index is 13.5. The molecule has 0 radical (unpaired) electrons. The van der Waals surface area contributed by atoms with E-state index >= 15 is 0 Å². The number of aliphatic carboxylic acids is 1. The number of phenolic OH excluding ortho intramolecular Hbond substituents is 1. The fraction of sp³-hybridized carbons (Fsp3) is 0.467. The maximum absolute atomic E-state index is 13.5. The third-order valence-corrected chi connectivity index (χ3v) is 6.81. The number of carbonyl (C=O) groups is 4. The Hall–Kier alpha value is -3.92. The van der Waals surface area contributed by atoms with E-state index in [2.05, 4.69) is 16.0 Å². The minimum absolute atomic E-state index is 0.00239. The van der Waals surface area contributed by atoms with Crippen LogP contribution in [0.25, 0.3) is 0 Å². The number of rotatable bonds is 15.